The number of rotatable bonds is 16. The average molecular weight is 891 g/mol. The molecule has 18 nitrogen and oxygen atoms in total. The van der Waals surface area contributed by atoms with Gasteiger partial charge < -0.3 is 43.9 Å². The number of aliphatic hydroxyl groups excluding tert-OH is 1. The van der Waals surface area contributed by atoms with E-state index in [4.69, 9.17) is 23.7 Å². The van der Waals surface area contributed by atoms with Crippen molar-refractivity contribution in [2.75, 3.05) is 57.3 Å². The van der Waals surface area contributed by atoms with Crippen molar-refractivity contribution in [3.05, 3.63) is 88.1 Å². The Morgan fingerprint density at radius 2 is 1.58 bits per heavy atom. The van der Waals surface area contributed by atoms with E-state index in [9.17, 15) is 34.4 Å². The number of hydrogen-bond acceptors (Lipinski definition) is 15. The van der Waals surface area contributed by atoms with Gasteiger partial charge in [-0.2, -0.15) is 0 Å². The Morgan fingerprint density at radius 3 is 2.24 bits per heavy atom. The first kappa shape index (κ1) is 44.1. The number of ether oxygens (including phenoxy) is 5. The summed E-state index contributed by atoms with van der Waals surface area (Å²) in [6, 6.07) is 7.69. The van der Waals surface area contributed by atoms with Crippen LogP contribution in [0.25, 0.3) is 0 Å². The van der Waals surface area contributed by atoms with Gasteiger partial charge in [0, 0.05) is 36.5 Å². The van der Waals surface area contributed by atoms with Crippen LogP contribution in [0, 0.1) is 10.1 Å². The molecular formula is C42H46N6O12S2. The molecule has 2 N–H and O–H groups in total. The molecule has 62 heavy (non-hydrogen) atoms. The first-order valence-corrected chi connectivity index (χ1v) is 22.0. The summed E-state index contributed by atoms with van der Waals surface area (Å²) in [7, 11) is 5.53. The molecule has 0 saturated carbocycles. The monoisotopic (exact) mass is 890 g/mol. The number of carbonyl (C=O) groups excluding carboxylic acids is 4. The van der Waals surface area contributed by atoms with Crippen LogP contribution in [0.2, 0.25) is 0 Å². The molecule has 2 saturated heterocycles. The van der Waals surface area contributed by atoms with E-state index < -0.39 is 35.2 Å². The summed E-state index contributed by atoms with van der Waals surface area (Å²) in [4.78, 5) is 72.7. The fourth-order valence-electron chi connectivity index (χ4n) is 7.61. The summed E-state index contributed by atoms with van der Waals surface area (Å²) in [5.41, 5.74) is 2.31. The topological polar surface area (TPSA) is 212 Å². The number of methoxy groups -OCH3 is 2. The number of nitrogens with zero attached hydrogens (tertiary/aromatic N) is 5. The lowest BCUT2D eigenvalue weighted by molar-refractivity contribution is -0.385. The number of carbonyl (C=O) groups is 4. The Bertz CT molecular complexity index is 2290. The van der Waals surface area contributed by atoms with Crippen LogP contribution >= 0.6 is 21.6 Å². The maximum atomic E-state index is 14.0. The van der Waals surface area contributed by atoms with Crippen molar-refractivity contribution in [3.63, 3.8) is 0 Å². The third kappa shape index (κ3) is 9.26. The maximum Gasteiger partial charge on any atom is 0.416 e. The highest BCUT2D eigenvalue weighted by Gasteiger charge is 2.46. The van der Waals surface area contributed by atoms with E-state index in [1.165, 1.54) is 76.1 Å². The minimum atomic E-state index is -1.47. The van der Waals surface area contributed by atoms with E-state index in [1.54, 1.807) is 12.1 Å². The second kappa shape index (κ2) is 19.0. The van der Waals surface area contributed by atoms with Crippen molar-refractivity contribution < 1.29 is 52.9 Å². The molecule has 3 aromatic rings. The van der Waals surface area contributed by atoms with Crippen molar-refractivity contribution in [2.45, 2.75) is 67.6 Å². The van der Waals surface area contributed by atoms with Gasteiger partial charge >= 0.3 is 6.09 Å². The Hall–Kier alpha value is -5.99. The zero-order chi connectivity index (χ0) is 44.2. The Kier molecular flexibility index (Phi) is 13.5. The van der Waals surface area contributed by atoms with Crippen molar-refractivity contribution >= 4 is 62.5 Å². The van der Waals surface area contributed by atoms with Crippen LogP contribution < -0.4 is 29.2 Å². The van der Waals surface area contributed by atoms with E-state index in [1.807, 2.05) is 6.92 Å². The van der Waals surface area contributed by atoms with Gasteiger partial charge in [0.15, 0.2) is 29.2 Å². The van der Waals surface area contributed by atoms with Gasteiger partial charge in [-0.15, -0.1) is 0 Å². The molecule has 4 aliphatic heterocycles. The van der Waals surface area contributed by atoms with E-state index in [0.717, 1.165) is 16.0 Å². The first-order valence-electron chi connectivity index (χ1n) is 19.8. The van der Waals surface area contributed by atoms with Gasteiger partial charge in [-0.3, -0.25) is 24.5 Å². The van der Waals surface area contributed by atoms with Crippen LogP contribution in [-0.2, 0) is 9.53 Å². The number of aliphatic hydroxyl groups is 1. The van der Waals surface area contributed by atoms with Crippen molar-refractivity contribution in [1.82, 2.24) is 14.8 Å². The summed E-state index contributed by atoms with van der Waals surface area (Å²) in [6.45, 7) is 10.8. The van der Waals surface area contributed by atoms with Crippen LogP contribution in [0.1, 0.15) is 59.7 Å². The molecule has 4 amide bonds. The number of nitro groups is 1. The van der Waals surface area contributed by atoms with E-state index in [-0.39, 0.29) is 71.7 Å². The number of nitrogens with one attached hydrogen (secondary N) is 1. The predicted octanol–water partition coefficient (Wildman–Crippen LogP) is 6.23. The van der Waals surface area contributed by atoms with Crippen LogP contribution in [0.15, 0.2) is 71.9 Å². The molecule has 1 aromatic heterocycles. The number of unbranched alkanes of at least 4 members (excludes halogenated alkanes) is 2. The van der Waals surface area contributed by atoms with Crippen LogP contribution in [0.4, 0.5) is 21.9 Å². The quantitative estimate of drug-likeness (QED) is 0.0536. The number of aromatic nitrogens is 1. The third-order valence-electron chi connectivity index (χ3n) is 10.7. The largest absolute Gasteiger partial charge is 0.493 e. The lowest BCUT2D eigenvalue weighted by Gasteiger charge is -2.31. The summed E-state index contributed by atoms with van der Waals surface area (Å²) in [5.74, 6) is 0.275. The normalized spacial score (nSPS) is 19.7. The number of fused-ring (bicyclic) bond motifs is 4. The molecule has 0 aliphatic carbocycles. The van der Waals surface area contributed by atoms with Crippen molar-refractivity contribution in [3.8, 4) is 23.0 Å². The Labute approximate surface area is 365 Å². The standard InChI is InChI=1S/C42H46N6O12S2/c1-23-13-31-38(49)44-29-17-35(33(56-4)15-27(29)39(50)45(31)20-23)58-11-7-6-8-12-59-36-18-30-28(16-34(36)57-5)40(51)46-21-24(2)14-32(46)41(52)47(30)42(53)60-22-25(3)61-62-37-10-9-26(19-43-37)48(54)55/h9-10,15-19,25,31-32,41,52H,1-2,6-8,11-14,20-22H2,3-5H3,(H,44,49)/t25-,31+,32+,41+/m1/s1. The van der Waals surface area contributed by atoms with Gasteiger partial charge in [0.1, 0.15) is 23.9 Å². The van der Waals surface area contributed by atoms with E-state index in [2.05, 4.69) is 23.5 Å². The molecule has 7 rings (SSSR count). The molecule has 4 atom stereocenters. The highest BCUT2D eigenvalue weighted by atomic mass is 33.1. The lowest BCUT2D eigenvalue weighted by atomic mass is 10.1. The predicted molar refractivity (Wildman–Crippen MR) is 230 cm³/mol. The molecule has 4 aliphatic rings. The highest BCUT2D eigenvalue weighted by Crippen LogP contribution is 2.43. The number of amides is 4. The number of hydrogen-bond donors (Lipinski definition) is 2. The third-order valence-corrected chi connectivity index (χ3v) is 13.5. The average Bonchev–Trinajstić information content (AvgIpc) is 3.82. The molecule has 2 fully saturated rings. The molecule has 20 heteroatoms. The minimum Gasteiger partial charge on any atom is -0.493 e. The molecule has 0 radical (unpaired) electrons. The molecule has 0 bridgehead atoms. The number of benzene rings is 2. The SMILES string of the molecule is C=C1C[C@H]2C(=O)Nc3cc(OCCCCCOc4cc5c(cc4OC)C(=O)N4CC(=C)C[C@H]4[C@H](O)N5C(=O)OC[C@@H](C)SSc4ccc([N+](=O)[O-])cn4)c(OC)cc3C(=O)N2C1. The summed E-state index contributed by atoms with van der Waals surface area (Å²) in [5, 5.41) is 25.8. The minimum absolute atomic E-state index is 0.0637. The first-order chi connectivity index (χ1) is 29.8. The second-order valence-corrected chi connectivity index (χ2v) is 17.8. The maximum absolute atomic E-state index is 14.0. The van der Waals surface area contributed by atoms with Gasteiger partial charge in [0.05, 0.1) is 60.9 Å². The van der Waals surface area contributed by atoms with Crippen LogP contribution in [-0.4, -0.2) is 119 Å². The highest BCUT2D eigenvalue weighted by molar-refractivity contribution is 8.76. The van der Waals surface area contributed by atoms with Crippen LogP contribution in [0.5, 0.6) is 23.0 Å². The van der Waals surface area contributed by atoms with E-state index >= 15 is 0 Å². The summed E-state index contributed by atoms with van der Waals surface area (Å²) >= 11 is 0. The molecule has 0 unspecified atom stereocenters. The van der Waals surface area contributed by atoms with Crippen LogP contribution in [0.3, 0.4) is 0 Å². The summed E-state index contributed by atoms with van der Waals surface area (Å²) < 4.78 is 29.1. The second-order valence-electron chi connectivity index (χ2n) is 15.1. The zero-order valence-corrected chi connectivity index (χ0v) is 36.0. The van der Waals surface area contributed by atoms with Gasteiger partial charge in [0.25, 0.3) is 17.5 Å². The fourth-order valence-corrected chi connectivity index (χ4v) is 9.46. The zero-order valence-electron chi connectivity index (χ0n) is 34.3. The van der Waals surface area contributed by atoms with E-state index in [0.29, 0.717) is 66.6 Å². The molecular weight excluding hydrogens is 845 g/mol. The Morgan fingerprint density at radius 1 is 0.935 bits per heavy atom. The molecule has 5 heterocycles. The number of pyridine rings is 1. The molecule has 328 valence electrons. The number of anilines is 2. The Balaban J connectivity index is 0.977. The smallest absolute Gasteiger partial charge is 0.416 e. The lowest BCUT2D eigenvalue weighted by Crippen LogP contribution is -2.51. The van der Waals surface area contributed by atoms with Crippen molar-refractivity contribution in [1.29, 1.82) is 0 Å². The summed E-state index contributed by atoms with van der Waals surface area (Å²) in [6.07, 6.45) is 1.41. The molecule has 0 spiro atoms. The molecule has 2 aromatic carbocycles. The van der Waals surface area contributed by atoms with Gasteiger partial charge in [0.2, 0.25) is 5.91 Å². The van der Waals surface area contributed by atoms with Gasteiger partial charge in [-0.05, 0) is 68.0 Å². The fraction of sp³-hybridized carbons (Fsp3) is 0.405. The van der Waals surface area contributed by atoms with Crippen molar-refractivity contribution in [2.24, 2.45) is 0 Å². The van der Waals surface area contributed by atoms with Gasteiger partial charge in [-0.1, -0.05) is 35.1 Å². The van der Waals surface area contributed by atoms with Gasteiger partial charge in [-0.25, -0.2) is 14.7 Å².